The summed E-state index contributed by atoms with van der Waals surface area (Å²) in [6, 6.07) is 33.4. The number of allylic oxidation sites excluding steroid dienone is 4. The van der Waals surface area contributed by atoms with Gasteiger partial charge in [-0.25, -0.2) is 0 Å². The van der Waals surface area contributed by atoms with Gasteiger partial charge in [0.2, 0.25) is 0 Å². The molecule has 0 aliphatic heterocycles. The molecule has 0 atom stereocenters. The molecule has 0 nitrogen and oxygen atoms in total. The fraction of sp³-hybridized carbons (Fsp3) is 0.214. The Morgan fingerprint density at radius 2 is 1.03 bits per heavy atom. The van der Waals surface area contributed by atoms with Crippen molar-refractivity contribution in [2.75, 3.05) is 6.16 Å². The zero-order chi connectivity index (χ0) is 20.5. The second kappa shape index (κ2) is 10.4. The highest BCUT2D eigenvalue weighted by Crippen LogP contribution is 2.55. The Kier molecular flexibility index (Phi) is 7.62. The van der Waals surface area contributed by atoms with Crippen LogP contribution in [0.25, 0.3) is 0 Å². The lowest BCUT2D eigenvalue weighted by atomic mass is 10.1. The minimum absolute atomic E-state index is 1.06. The van der Waals surface area contributed by atoms with Crippen molar-refractivity contribution >= 4 is 23.2 Å². The van der Waals surface area contributed by atoms with Gasteiger partial charge in [-0.05, 0) is 76.1 Å². The number of hydrogen-bond donors (Lipinski definition) is 0. The Morgan fingerprint density at radius 3 is 1.41 bits per heavy atom. The summed E-state index contributed by atoms with van der Waals surface area (Å²) in [5, 5.41) is 4.35. The first kappa shape index (κ1) is 21.3. The standard InChI is InChI=1S/C28H32P/c1-24(2)14-13-15-25(3)22-23-29(26-16-7-4-8-17-26,27-18-9-5-10-19-27)28-20-11-6-12-21-28/h4-12,14,16-22H,13,15,23H2,1-3H3/q+1/b25-22+. The molecule has 0 spiro atoms. The van der Waals surface area contributed by atoms with Crippen LogP contribution < -0.4 is 15.9 Å². The van der Waals surface area contributed by atoms with Crippen molar-refractivity contribution in [1.82, 2.24) is 0 Å². The minimum atomic E-state index is -1.75. The predicted molar refractivity (Wildman–Crippen MR) is 132 cm³/mol. The Bertz CT molecular complexity index is 837. The van der Waals surface area contributed by atoms with Gasteiger partial charge in [-0.3, -0.25) is 0 Å². The van der Waals surface area contributed by atoms with E-state index in [9.17, 15) is 0 Å². The van der Waals surface area contributed by atoms with Crippen LogP contribution in [-0.4, -0.2) is 6.16 Å². The van der Waals surface area contributed by atoms with Crippen LogP contribution in [0.15, 0.2) is 114 Å². The van der Waals surface area contributed by atoms with Gasteiger partial charge in [0.25, 0.3) is 0 Å². The first-order valence-corrected chi connectivity index (χ1v) is 12.4. The van der Waals surface area contributed by atoms with Crippen molar-refractivity contribution < 1.29 is 0 Å². The lowest BCUT2D eigenvalue weighted by Gasteiger charge is -2.27. The van der Waals surface area contributed by atoms with Crippen LogP contribution in [-0.2, 0) is 0 Å². The lowest BCUT2D eigenvalue weighted by Crippen LogP contribution is -2.33. The first-order chi connectivity index (χ1) is 14.1. The second-order valence-corrected chi connectivity index (χ2v) is 11.4. The lowest BCUT2D eigenvalue weighted by molar-refractivity contribution is 0.964. The molecular weight excluding hydrogens is 367 g/mol. The molecule has 0 amide bonds. The van der Waals surface area contributed by atoms with E-state index in [4.69, 9.17) is 0 Å². The number of hydrogen-bond acceptors (Lipinski definition) is 0. The molecular formula is C28H32P+. The largest absolute Gasteiger partial charge is 0.115 e. The molecule has 1 heteroatoms. The Balaban J connectivity index is 2.09. The van der Waals surface area contributed by atoms with Crippen LogP contribution in [0.2, 0.25) is 0 Å². The van der Waals surface area contributed by atoms with E-state index in [2.05, 4.69) is 124 Å². The third kappa shape index (κ3) is 5.34. The van der Waals surface area contributed by atoms with Gasteiger partial charge >= 0.3 is 0 Å². The van der Waals surface area contributed by atoms with E-state index < -0.39 is 7.26 Å². The molecule has 0 bridgehead atoms. The van der Waals surface area contributed by atoms with Crippen LogP contribution in [0.4, 0.5) is 0 Å². The third-order valence-electron chi connectivity index (χ3n) is 5.40. The van der Waals surface area contributed by atoms with E-state index in [0.29, 0.717) is 0 Å². The van der Waals surface area contributed by atoms with Gasteiger partial charge in [0.15, 0.2) is 0 Å². The monoisotopic (exact) mass is 399 g/mol. The van der Waals surface area contributed by atoms with E-state index in [1.54, 1.807) is 0 Å². The van der Waals surface area contributed by atoms with Gasteiger partial charge in [-0.15, -0.1) is 0 Å². The zero-order valence-electron chi connectivity index (χ0n) is 17.9. The Hall–Kier alpha value is -2.43. The summed E-state index contributed by atoms with van der Waals surface area (Å²) in [5.74, 6) is 0. The molecule has 0 aliphatic rings. The van der Waals surface area contributed by atoms with Crippen LogP contribution >= 0.6 is 7.26 Å². The van der Waals surface area contributed by atoms with Crippen LogP contribution in [0.1, 0.15) is 33.6 Å². The first-order valence-electron chi connectivity index (χ1n) is 10.5. The van der Waals surface area contributed by atoms with Crippen molar-refractivity contribution in [3.63, 3.8) is 0 Å². The number of benzene rings is 3. The maximum Gasteiger partial charge on any atom is 0.115 e. The van der Waals surface area contributed by atoms with Gasteiger partial charge in [-0.1, -0.05) is 71.8 Å². The van der Waals surface area contributed by atoms with Crippen molar-refractivity contribution in [2.24, 2.45) is 0 Å². The third-order valence-corrected chi connectivity index (χ3v) is 9.67. The average molecular weight is 400 g/mol. The van der Waals surface area contributed by atoms with Crippen molar-refractivity contribution in [1.29, 1.82) is 0 Å². The van der Waals surface area contributed by atoms with E-state index >= 15 is 0 Å². The molecule has 0 fully saturated rings. The summed E-state index contributed by atoms with van der Waals surface area (Å²) >= 11 is 0. The molecule has 29 heavy (non-hydrogen) atoms. The van der Waals surface area contributed by atoms with E-state index in [-0.39, 0.29) is 0 Å². The second-order valence-electron chi connectivity index (χ2n) is 7.87. The highest BCUT2D eigenvalue weighted by molar-refractivity contribution is 7.95. The van der Waals surface area contributed by atoms with Crippen molar-refractivity contribution in [2.45, 2.75) is 33.6 Å². The molecule has 0 heterocycles. The molecule has 0 unspecified atom stereocenters. The Morgan fingerprint density at radius 1 is 0.621 bits per heavy atom. The van der Waals surface area contributed by atoms with Crippen LogP contribution in [0.5, 0.6) is 0 Å². The van der Waals surface area contributed by atoms with E-state index in [1.807, 2.05) is 0 Å². The quantitative estimate of drug-likeness (QED) is 0.293. The van der Waals surface area contributed by atoms with Gasteiger partial charge in [-0.2, -0.15) is 0 Å². The molecule has 148 valence electrons. The average Bonchev–Trinajstić information content (AvgIpc) is 2.76. The minimum Gasteiger partial charge on any atom is -0.0856 e. The predicted octanol–water partition coefficient (Wildman–Crippen LogP) is 6.67. The molecule has 0 saturated heterocycles. The summed E-state index contributed by atoms with van der Waals surface area (Å²) in [6.07, 6.45) is 8.15. The van der Waals surface area contributed by atoms with Gasteiger partial charge < -0.3 is 0 Å². The topological polar surface area (TPSA) is 0 Å². The fourth-order valence-electron chi connectivity index (χ4n) is 3.79. The fourth-order valence-corrected chi connectivity index (χ4v) is 7.95. The molecule has 0 aromatic heterocycles. The van der Waals surface area contributed by atoms with Gasteiger partial charge in [0, 0.05) is 0 Å². The van der Waals surface area contributed by atoms with Crippen molar-refractivity contribution in [3.05, 3.63) is 114 Å². The van der Waals surface area contributed by atoms with E-state index in [1.165, 1.54) is 27.1 Å². The molecule has 0 saturated carbocycles. The summed E-state index contributed by atoms with van der Waals surface area (Å²) in [4.78, 5) is 0. The normalized spacial score (nSPS) is 11.9. The highest BCUT2D eigenvalue weighted by atomic mass is 31.2. The molecule has 0 N–H and O–H groups in total. The highest BCUT2D eigenvalue weighted by Gasteiger charge is 2.44. The maximum absolute atomic E-state index is 2.50. The van der Waals surface area contributed by atoms with E-state index in [0.717, 1.165) is 19.0 Å². The SMILES string of the molecule is CC(C)=CCC/C(C)=C/C[P+](c1ccccc1)(c1ccccc1)c1ccccc1. The van der Waals surface area contributed by atoms with Crippen LogP contribution in [0.3, 0.4) is 0 Å². The van der Waals surface area contributed by atoms with Gasteiger partial charge in [0.1, 0.15) is 23.2 Å². The summed E-state index contributed by atoms with van der Waals surface area (Å²) < 4.78 is 0. The van der Waals surface area contributed by atoms with Crippen molar-refractivity contribution in [3.8, 4) is 0 Å². The molecule has 3 aromatic rings. The smallest absolute Gasteiger partial charge is 0.0856 e. The Labute approximate surface area is 177 Å². The maximum atomic E-state index is 2.50. The molecule has 0 aliphatic carbocycles. The zero-order valence-corrected chi connectivity index (χ0v) is 18.8. The summed E-state index contributed by atoms with van der Waals surface area (Å²) in [5.41, 5.74) is 2.88. The van der Waals surface area contributed by atoms with Crippen LogP contribution in [0, 0.1) is 0 Å². The summed E-state index contributed by atoms with van der Waals surface area (Å²) in [7, 11) is -1.75. The molecule has 3 aromatic carbocycles. The summed E-state index contributed by atoms with van der Waals surface area (Å²) in [6.45, 7) is 6.64. The molecule has 0 radical (unpaired) electrons. The molecule has 3 rings (SSSR count). The van der Waals surface area contributed by atoms with Gasteiger partial charge in [0.05, 0.1) is 6.16 Å². The number of rotatable bonds is 8.